The molecule has 0 spiro atoms. The second-order valence-electron chi connectivity index (χ2n) is 8.22. The van der Waals surface area contributed by atoms with Gasteiger partial charge in [0.05, 0.1) is 31.6 Å². The van der Waals surface area contributed by atoms with Crippen molar-refractivity contribution in [2.24, 2.45) is 5.73 Å². The zero-order valence-corrected chi connectivity index (χ0v) is 19.5. The Morgan fingerprint density at radius 2 is 1.91 bits per heavy atom. The molecule has 5 N–H and O–H groups in total. The number of primary amides is 1. The van der Waals surface area contributed by atoms with Crippen LogP contribution in [0.3, 0.4) is 0 Å². The average Bonchev–Trinajstić information content (AvgIpc) is 3.28. The summed E-state index contributed by atoms with van der Waals surface area (Å²) in [4.78, 5) is 14.5. The molecule has 1 unspecified atom stereocenters. The van der Waals surface area contributed by atoms with Gasteiger partial charge in [-0.3, -0.25) is 20.4 Å². The third-order valence-electron chi connectivity index (χ3n) is 5.87. The maximum absolute atomic E-state index is 12.3. The third-order valence-corrected chi connectivity index (χ3v) is 5.87. The SMILES string of the molecule is COc1cccc(-n2cc(-c3ccc(OCC(O)CN4CCOCC4)cc3)c(C(N)=O)c2NO)c1. The first-order valence-electron chi connectivity index (χ1n) is 11.3. The van der Waals surface area contributed by atoms with E-state index in [2.05, 4.69) is 10.4 Å². The van der Waals surface area contributed by atoms with E-state index in [0.717, 1.165) is 13.1 Å². The third kappa shape index (κ3) is 5.75. The van der Waals surface area contributed by atoms with Gasteiger partial charge >= 0.3 is 0 Å². The van der Waals surface area contributed by atoms with Gasteiger partial charge in [0.25, 0.3) is 5.91 Å². The Labute approximate surface area is 203 Å². The summed E-state index contributed by atoms with van der Waals surface area (Å²) in [5.41, 5.74) is 9.84. The average molecular weight is 483 g/mol. The summed E-state index contributed by atoms with van der Waals surface area (Å²) in [6.07, 6.45) is 1.10. The maximum Gasteiger partial charge on any atom is 0.253 e. The molecule has 1 fully saturated rings. The Balaban J connectivity index is 1.53. The fourth-order valence-electron chi connectivity index (χ4n) is 4.11. The molecule has 1 atom stereocenters. The number of nitrogens with one attached hydrogen (secondary N) is 1. The van der Waals surface area contributed by atoms with Gasteiger partial charge < -0.3 is 29.6 Å². The molecule has 4 rings (SSSR count). The smallest absolute Gasteiger partial charge is 0.253 e. The van der Waals surface area contributed by atoms with Crippen molar-refractivity contribution in [3.05, 3.63) is 60.3 Å². The normalized spacial score (nSPS) is 14.9. The van der Waals surface area contributed by atoms with Crippen LogP contribution < -0.4 is 20.7 Å². The second kappa shape index (κ2) is 11.2. The molecule has 2 aromatic carbocycles. The highest BCUT2D eigenvalue weighted by Gasteiger charge is 2.22. The molecular formula is C25H30N4O6. The summed E-state index contributed by atoms with van der Waals surface area (Å²) in [6, 6.07) is 14.3. The van der Waals surface area contributed by atoms with E-state index in [1.807, 2.05) is 6.07 Å². The zero-order chi connectivity index (χ0) is 24.8. The Kier molecular flexibility index (Phi) is 7.88. The molecule has 0 radical (unpaired) electrons. The fraction of sp³-hybridized carbons (Fsp3) is 0.320. The predicted octanol–water partition coefficient (Wildman–Crippen LogP) is 2.12. The molecule has 186 valence electrons. The van der Waals surface area contributed by atoms with E-state index in [9.17, 15) is 15.1 Å². The molecule has 2 heterocycles. The van der Waals surface area contributed by atoms with Gasteiger partial charge in [-0.15, -0.1) is 0 Å². The van der Waals surface area contributed by atoms with Crippen molar-refractivity contribution in [1.82, 2.24) is 9.47 Å². The fourth-order valence-corrected chi connectivity index (χ4v) is 4.11. The van der Waals surface area contributed by atoms with Crippen molar-refractivity contribution in [2.45, 2.75) is 6.10 Å². The molecule has 0 saturated carbocycles. The minimum Gasteiger partial charge on any atom is -0.497 e. The van der Waals surface area contributed by atoms with Crippen molar-refractivity contribution in [2.75, 3.05) is 52.0 Å². The van der Waals surface area contributed by atoms with Gasteiger partial charge in [0.2, 0.25) is 0 Å². The van der Waals surface area contributed by atoms with Crippen LogP contribution in [0.1, 0.15) is 10.4 Å². The van der Waals surface area contributed by atoms with Crippen LogP contribution in [0.15, 0.2) is 54.7 Å². The first-order chi connectivity index (χ1) is 17.0. The van der Waals surface area contributed by atoms with Crippen LogP contribution in [-0.2, 0) is 4.74 Å². The van der Waals surface area contributed by atoms with Gasteiger partial charge in [-0.05, 0) is 29.8 Å². The van der Waals surface area contributed by atoms with Crippen LogP contribution in [0.4, 0.5) is 5.82 Å². The number of aliphatic hydroxyl groups is 1. The summed E-state index contributed by atoms with van der Waals surface area (Å²) >= 11 is 0. The number of ether oxygens (including phenoxy) is 3. The molecule has 1 aliphatic heterocycles. The van der Waals surface area contributed by atoms with Crippen LogP contribution in [0.5, 0.6) is 11.5 Å². The summed E-state index contributed by atoms with van der Waals surface area (Å²) in [6.45, 7) is 3.64. The van der Waals surface area contributed by atoms with Crippen molar-refractivity contribution in [3.8, 4) is 28.3 Å². The molecule has 0 aliphatic carbocycles. The number of methoxy groups -OCH3 is 1. The van der Waals surface area contributed by atoms with Crippen molar-refractivity contribution < 1.29 is 29.3 Å². The lowest BCUT2D eigenvalue weighted by Crippen LogP contribution is -2.42. The van der Waals surface area contributed by atoms with E-state index in [1.54, 1.807) is 60.3 Å². The molecule has 1 aliphatic rings. The Bertz CT molecular complexity index is 1140. The van der Waals surface area contributed by atoms with E-state index < -0.39 is 12.0 Å². The summed E-state index contributed by atoms with van der Waals surface area (Å²) < 4.78 is 18.0. The number of carbonyl (C=O) groups excluding carboxylic acids is 1. The highest BCUT2D eigenvalue weighted by molar-refractivity contribution is 6.05. The number of hydrogen-bond donors (Lipinski definition) is 4. The Hall–Kier alpha value is -3.57. The molecular weight excluding hydrogens is 452 g/mol. The van der Waals surface area contributed by atoms with E-state index >= 15 is 0 Å². The monoisotopic (exact) mass is 482 g/mol. The van der Waals surface area contributed by atoms with Gasteiger partial charge in [-0.25, -0.2) is 0 Å². The standard InChI is InChI=1S/C25H30N4O6/c1-33-21-4-2-3-18(13-21)29-15-22(23(24(26)31)25(29)27-32)17-5-7-20(8-6-17)35-16-19(30)14-28-9-11-34-12-10-28/h2-8,13,15,19,27,30,32H,9-12,14,16H2,1H3,(H2,26,31). The van der Waals surface area contributed by atoms with E-state index in [0.29, 0.717) is 48.1 Å². The largest absolute Gasteiger partial charge is 0.497 e. The van der Waals surface area contributed by atoms with E-state index in [1.165, 1.54) is 0 Å². The highest BCUT2D eigenvalue weighted by Crippen LogP contribution is 2.35. The van der Waals surface area contributed by atoms with Gasteiger partial charge in [0, 0.05) is 37.5 Å². The van der Waals surface area contributed by atoms with Gasteiger partial charge in [-0.1, -0.05) is 18.2 Å². The number of nitrogens with two attached hydrogens (primary N) is 1. The molecule has 1 amide bonds. The molecule has 3 aromatic rings. The zero-order valence-electron chi connectivity index (χ0n) is 19.5. The van der Waals surface area contributed by atoms with Crippen molar-refractivity contribution >= 4 is 11.7 Å². The number of rotatable bonds is 10. The van der Waals surface area contributed by atoms with Gasteiger partial charge in [-0.2, -0.15) is 0 Å². The lowest BCUT2D eigenvalue weighted by atomic mass is 10.0. The number of carbonyl (C=O) groups is 1. The number of amides is 1. The number of hydrogen-bond acceptors (Lipinski definition) is 8. The minimum atomic E-state index is -0.690. The van der Waals surface area contributed by atoms with E-state index in [-0.39, 0.29) is 18.0 Å². The van der Waals surface area contributed by atoms with Crippen molar-refractivity contribution in [1.29, 1.82) is 0 Å². The summed E-state index contributed by atoms with van der Waals surface area (Å²) in [7, 11) is 1.56. The molecule has 10 nitrogen and oxygen atoms in total. The number of aromatic nitrogens is 1. The summed E-state index contributed by atoms with van der Waals surface area (Å²) in [5.74, 6) is 0.666. The highest BCUT2D eigenvalue weighted by atomic mass is 16.5. The predicted molar refractivity (Wildman–Crippen MR) is 130 cm³/mol. The quantitative estimate of drug-likeness (QED) is 0.323. The number of nitrogens with zero attached hydrogens (tertiary/aromatic N) is 2. The van der Waals surface area contributed by atoms with E-state index in [4.69, 9.17) is 19.9 Å². The number of benzene rings is 2. The Morgan fingerprint density at radius 3 is 2.57 bits per heavy atom. The topological polar surface area (TPSA) is 131 Å². The van der Waals surface area contributed by atoms with Gasteiger partial charge in [0.15, 0.2) is 0 Å². The molecule has 10 heteroatoms. The number of morpholine rings is 1. The lowest BCUT2D eigenvalue weighted by Gasteiger charge is -2.28. The lowest BCUT2D eigenvalue weighted by molar-refractivity contribution is 0.00465. The van der Waals surface area contributed by atoms with Crippen molar-refractivity contribution in [3.63, 3.8) is 0 Å². The number of aliphatic hydroxyl groups excluding tert-OH is 1. The Morgan fingerprint density at radius 1 is 1.17 bits per heavy atom. The van der Waals surface area contributed by atoms with Crippen LogP contribution in [0.25, 0.3) is 16.8 Å². The molecule has 35 heavy (non-hydrogen) atoms. The number of anilines is 1. The summed E-state index contributed by atoms with van der Waals surface area (Å²) in [5, 5.41) is 20.1. The molecule has 1 saturated heterocycles. The number of β-amino-alcohol motifs (C(OH)–C–C–N with tert-alkyl or cyclic N) is 1. The van der Waals surface area contributed by atoms with Gasteiger partial charge in [0.1, 0.15) is 30.0 Å². The van der Waals surface area contributed by atoms with Crippen LogP contribution >= 0.6 is 0 Å². The van der Waals surface area contributed by atoms with Crippen LogP contribution in [-0.4, -0.2) is 78.4 Å². The molecule has 1 aromatic heterocycles. The maximum atomic E-state index is 12.3. The van der Waals surface area contributed by atoms with Crippen LogP contribution in [0.2, 0.25) is 0 Å². The first-order valence-corrected chi connectivity index (χ1v) is 11.3. The second-order valence-corrected chi connectivity index (χ2v) is 8.22. The first kappa shape index (κ1) is 24.6. The molecule has 0 bridgehead atoms. The minimum absolute atomic E-state index is 0.143. The van der Waals surface area contributed by atoms with Crippen LogP contribution in [0, 0.1) is 0 Å².